The van der Waals surface area contributed by atoms with E-state index in [-0.39, 0.29) is 17.8 Å². The van der Waals surface area contributed by atoms with Crippen LogP contribution in [-0.4, -0.2) is 17.0 Å². The summed E-state index contributed by atoms with van der Waals surface area (Å²) in [7, 11) is 0. The Hall–Kier alpha value is -1.15. The number of aliphatic hydroxyl groups is 1. The number of benzene rings is 1. The fourth-order valence-electron chi connectivity index (χ4n) is 2.01. The van der Waals surface area contributed by atoms with Crippen LogP contribution in [0, 0.1) is 0 Å². The molecule has 2 rings (SSSR count). The van der Waals surface area contributed by atoms with Crippen LogP contribution in [-0.2, 0) is 4.79 Å². The molecule has 1 fully saturated rings. The van der Waals surface area contributed by atoms with Crippen molar-refractivity contribution in [3.05, 3.63) is 35.9 Å². The maximum Gasteiger partial charge on any atom is 0.140 e. The molecule has 1 unspecified atom stereocenters. The summed E-state index contributed by atoms with van der Waals surface area (Å²) >= 11 is 0. The van der Waals surface area contributed by atoms with E-state index in [0.29, 0.717) is 19.3 Å². The van der Waals surface area contributed by atoms with Gasteiger partial charge in [-0.3, -0.25) is 4.79 Å². The molecule has 2 heteroatoms. The number of rotatable bonds is 1. The lowest BCUT2D eigenvalue weighted by Gasteiger charge is -2.24. The van der Waals surface area contributed by atoms with Crippen LogP contribution >= 0.6 is 0 Å². The minimum Gasteiger partial charge on any atom is -0.393 e. The average Bonchev–Trinajstić information content (AvgIpc) is 2.23. The first kappa shape index (κ1) is 9.41. The van der Waals surface area contributed by atoms with Crippen LogP contribution in [0.1, 0.15) is 30.7 Å². The molecule has 0 aromatic heterocycles. The normalized spacial score (nSPS) is 27.6. The highest BCUT2D eigenvalue weighted by atomic mass is 16.3. The molecule has 0 amide bonds. The Morgan fingerprint density at radius 2 is 1.93 bits per heavy atom. The van der Waals surface area contributed by atoms with Gasteiger partial charge in [0, 0.05) is 12.3 Å². The van der Waals surface area contributed by atoms with Gasteiger partial charge in [-0.15, -0.1) is 0 Å². The third-order valence-electron chi connectivity index (χ3n) is 2.82. The lowest BCUT2D eigenvalue weighted by molar-refractivity contribution is -0.123. The molecular weight excluding hydrogens is 176 g/mol. The van der Waals surface area contributed by atoms with E-state index in [1.54, 1.807) is 0 Å². The highest BCUT2D eigenvalue weighted by molar-refractivity contribution is 5.86. The molecule has 0 saturated heterocycles. The second kappa shape index (κ2) is 3.93. The number of hydrogen-bond acceptors (Lipinski definition) is 2. The van der Waals surface area contributed by atoms with E-state index in [2.05, 4.69) is 0 Å². The van der Waals surface area contributed by atoms with E-state index in [1.807, 2.05) is 30.3 Å². The second-order valence-corrected chi connectivity index (χ2v) is 3.86. The van der Waals surface area contributed by atoms with Crippen molar-refractivity contribution in [1.82, 2.24) is 0 Å². The lowest BCUT2D eigenvalue weighted by atomic mass is 9.81. The Bertz CT molecular complexity index is 318. The number of Topliss-reactive ketones (excluding diaryl/α,β-unsaturated/α-hetero) is 1. The molecule has 1 aliphatic carbocycles. The summed E-state index contributed by atoms with van der Waals surface area (Å²) in [5.74, 6) is 0.182. The van der Waals surface area contributed by atoms with Crippen molar-refractivity contribution in [2.24, 2.45) is 0 Å². The summed E-state index contributed by atoms with van der Waals surface area (Å²) in [6.07, 6.45) is 1.42. The molecule has 1 aliphatic rings. The molecule has 2 atom stereocenters. The first-order valence-corrected chi connectivity index (χ1v) is 5.03. The van der Waals surface area contributed by atoms with Crippen molar-refractivity contribution in [2.45, 2.75) is 31.3 Å². The quantitative estimate of drug-likeness (QED) is 0.734. The van der Waals surface area contributed by atoms with Crippen LogP contribution in [0.5, 0.6) is 0 Å². The van der Waals surface area contributed by atoms with Gasteiger partial charge in [-0.2, -0.15) is 0 Å². The number of hydrogen-bond donors (Lipinski definition) is 1. The molecule has 0 radical (unpaired) electrons. The molecule has 74 valence electrons. The van der Waals surface area contributed by atoms with Gasteiger partial charge in [0.1, 0.15) is 5.78 Å². The van der Waals surface area contributed by atoms with Crippen LogP contribution in [0.4, 0.5) is 0 Å². The van der Waals surface area contributed by atoms with Gasteiger partial charge in [0.25, 0.3) is 0 Å². The monoisotopic (exact) mass is 190 g/mol. The summed E-state index contributed by atoms with van der Waals surface area (Å²) in [5, 5.41) is 9.51. The van der Waals surface area contributed by atoms with Crippen LogP contribution in [0.3, 0.4) is 0 Å². The zero-order valence-electron chi connectivity index (χ0n) is 8.02. The predicted octanol–water partition coefficient (Wildman–Crippen LogP) is 1.88. The average molecular weight is 190 g/mol. The van der Waals surface area contributed by atoms with E-state index in [9.17, 15) is 9.90 Å². The van der Waals surface area contributed by atoms with E-state index >= 15 is 0 Å². The first-order chi connectivity index (χ1) is 6.77. The van der Waals surface area contributed by atoms with Crippen LogP contribution in [0.2, 0.25) is 0 Å². The number of aliphatic hydroxyl groups excluding tert-OH is 1. The van der Waals surface area contributed by atoms with Crippen molar-refractivity contribution >= 4 is 5.78 Å². The first-order valence-electron chi connectivity index (χ1n) is 5.03. The van der Waals surface area contributed by atoms with Crippen molar-refractivity contribution < 1.29 is 9.90 Å². The molecule has 0 bridgehead atoms. The Labute approximate surface area is 83.6 Å². The van der Waals surface area contributed by atoms with E-state index in [4.69, 9.17) is 0 Å². The topological polar surface area (TPSA) is 37.3 Å². The van der Waals surface area contributed by atoms with Crippen molar-refractivity contribution in [3.63, 3.8) is 0 Å². The van der Waals surface area contributed by atoms with Gasteiger partial charge in [0.05, 0.1) is 6.10 Å². The molecule has 1 N–H and O–H groups in total. The standard InChI is InChI=1S/C12H14O2/c13-10-6-7-12(14)11(8-10)9-4-2-1-3-5-9/h1-5,10-11,13H,6-8H2/t10-,11?/m0/s1. The van der Waals surface area contributed by atoms with Gasteiger partial charge in [0.2, 0.25) is 0 Å². The van der Waals surface area contributed by atoms with Gasteiger partial charge in [-0.05, 0) is 18.4 Å². The van der Waals surface area contributed by atoms with E-state index < -0.39 is 0 Å². The maximum atomic E-state index is 11.6. The van der Waals surface area contributed by atoms with Crippen LogP contribution < -0.4 is 0 Å². The molecule has 0 spiro atoms. The minimum absolute atomic E-state index is 0.0834. The molecule has 1 aromatic carbocycles. The van der Waals surface area contributed by atoms with Gasteiger partial charge < -0.3 is 5.11 Å². The molecule has 0 aliphatic heterocycles. The fraction of sp³-hybridized carbons (Fsp3) is 0.417. The van der Waals surface area contributed by atoms with Crippen LogP contribution in [0.15, 0.2) is 30.3 Å². The predicted molar refractivity (Wildman–Crippen MR) is 54.0 cm³/mol. The number of carbonyl (C=O) groups excluding carboxylic acids is 1. The largest absolute Gasteiger partial charge is 0.393 e. The van der Waals surface area contributed by atoms with Crippen LogP contribution in [0.25, 0.3) is 0 Å². The van der Waals surface area contributed by atoms with Gasteiger partial charge >= 0.3 is 0 Å². The molecule has 14 heavy (non-hydrogen) atoms. The summed E-state index contributed by atoms with van der Waals surface area (Å²) in [5.41, 5.74) is 1.04. The van der Waals surface area contributed by atoms with E-state index in [0.717, 1.165) is 5.56 Å². The van der Waals surface area contributed by atoms with Gasteiger partial charge in [-0.1, -0.05) is 30.3 Å². The molecule has 0 heterocycles. The second-order valence-electron chi connectivity index (χ2n) is 3.86. The lowest BCUT2D eigenvalue weighted by Crippen LogP contribution is -2.26. The SMILES string of the molecule is O=C1CC[C@H](O)CC1c1ccccc1. The number of ketones is 1. The zero-order chi connectivity index (χ0) is 9.97. The minimum atomic E-state index is -0.307. The Morgan fingerprint density at radius 3 is 2.64 bits per heavy atom. The smallest absolute Gasteiger partial charge is 0.140 e. The third-order valence-corrected chi connectivity index (χ3v) is 2.82. The summed E-state index contributed by atoms with van der Waals surface area (Å²) < 4.78 is 0. The Kier molecular flexibility index (Phi) is 2.64. The van der Waals surface area contributed by atoms with E-state index in [1.165, 1.54) is 0 Å². The van der Waals surface area contributed by atoms with Gasteiger partial charge in [-0.25, -0.2) is 0 Å². The van der Waals surface area contributed by atoms with Crippen molar-refractivity contribution in [3.8, 4) is 0 Å². The Balaban J connectivity index is 2.20. The summed E-state index contributed by atoms with van der Waals surface area (Å²) in [4.78, 5) is 11.6. The third kappa shape index (κ3) is 1.85. The fourth-order valence-corrected chi connectivity index (χ4v) is 2.01. The Morgan fingerprint density at radius 1 is 1.21 bits per heavy atom. The summed E-state index contributed by atoms with van der Waals surface area (Å²) in [6.45, 7) is 0. The molecule has 1 aromatic rings. The molecule has 2 nitrogen and oxygen atoms in total. The highest BCUT2D eigenvalue weighted by Gasteiger charge is 2.28. The summed E-state index contributed by atoms with van der Waals surface area (Å²) in [6, 6.07) is 9.72. The maximum absolute atomic E-state index is 11.6. The molecule has 1 saturated carbocycles. The number of carbonyl (C=O) groups is 1. The zero-order valence-corrected chi connectivity index (χ0v) is 8.02. The molecular formula is C12H14O2. The van der Waals surface area contributed by atoms with Crippen molar-refractivity contribution in [2.75, 3.05) is 0 Å². The van der Waals surface area contributed by atoms with Gasteiger partial charge in [0.15, 0.2) is 0 Å². The highest BCUT2D eigenvalue weighted by Crippen LogP contribution is 2.29. The van der Waals surface area contributed by atoms with Crippen molar-refractivity contribution in [1.29, 1.82) is 0 Å².